The van der Waals surface area contributed by atoms with Gasteiger partial charge < -0.3 is 10.2 Å². The second-order valence-corrected chi connectivity index (χ2v) is 5.50. The Morgan fingerprint density at radius 2 is 2.00 bits per heavy atom. The Balaban J connectivity index is 1.87. The summed E-state index contributed by atoms with van der Waals surface area (Å²) in [5.74, 6) is 0.740. The molecule has 0 aromatic rings. The first-order valence-electron chi connectivity index (χ1n) is 7.21. The first-order chi connectivity index (χ1) is 8.81. The third-order valence-electron chi connectivity index (χ3n) is 4.15. The molecule has 18 heavy (non-hydrogen) atoms. The van der Waals surface area contributed by atoms with E-state index in [9.17, 15) is 4.79 Å². The van der Waals surface area contributed by atoms with Crippen molar-refractivity contribution >= 4 is 5.91 Å². The highest BCUT2D eigenvalue weighted by atomic mass is 16.2. The first kappa shape index (κ1) is 13.4. The van der Waals surface area contributed by atoms with E-state index in [1.54, 1.807) is 4.90 Å². The predicted octanol–water partition coefficient (Wildman–Crippen LogP) is 1.67. The molecule has 100 valence electrons. The van der Waals surface area contributed by atoms with E-state index in [4.69, 9.17) is 5.26 Å². The molecule has 4 heteroatoms. The summed E-state index contributed by atoms with van der Waals surface area (Å²) in [5.41, 5.74) is 0. The van der Waals surface area contributed by atoms with Gasteiger partial charge in [0.2, 0.25) is 5.91 Å². The Morgan fingerprint density at radius 1 is 1.28 bits per heavy atom. The third kappa shape index (κ3) is 3.46. The van der Waals surface area contributed by atoms with Crippen LogP contribution in [0.2, 0.25) is 0 Å². The van der Waals surface area contributed by atoms with Gasteiger partial charge in [0.05, 0.1) is 6.07 Å². The summed E-state index contributed by atoms with van der Waals surface area (Å²) in [6.07, 6.45) is 8.20. The van der Waals surface area contributed by atoms with E-state index in [0.29, 0.717) is 25.4 Å². The molecule has 1 unspecified atom stereocenters. The standard InChI is InChI=1S/C14H23N3O/c15-10-13-11-16-7-8-17(13)14(18)9-12-5-3-1-2-4-6-12/h12-13,16H,1-9,11H2. The van der Waals surface area contributed by atoms with Gasteiger partial charge in [0, 0.05) is 26.1 Å². The quantitative estimate of drug-likeness (QED) is 0.757. The zero-order chi connectivity index (χ0) is 12.8. The van der Waals surface area contributed by atoms with E-state index >= 15 is 0 Å². The Morgan fingerprint density at radius 3 is 2.67 bits per heavy atom. The van der Waals surface area contributed by atoms with Crippen molar-refractivity contribution in [2.75, 3.05) is 19.6 Å². The van der Waals surface area contributed by atoms with Crippen molar-refractivity contribution in [3.63, 3.8) is 0 Å². The monoisotopic (exact) mass is 249 g/mol. The van der Waals surface area contributed by atoms with Gasteiger partial charge in [-0.3, -0.25) is 4.79 Å². The number of carbonyl (C=O) groups excluding carboxylic acids is 1. The van der Waals surface area contributed by atoms with Crippen LogP contribution in [0.4, 0.5) is 0 Å². The summed E-state index contributed by atoms with van der Waals surface area (Å²) < 4.78 is 0. The number of hydrogen-bond donors (Lipinski definition) is 1. The van der Waals surface area contributed by atoms with Crippen LogP contribution in [-0.2, 0) is 4.79 Å². The maximum absolute atomic E-state index is 12.3. The van der Waals surface area contributed by atoms with E-state index in [1.165, 1.54) is 38.5 Å². The van der Waals surface area contributed by atoms with Crippen LogP contribution < -0.4 is 5.32 Å². The molecule has 2 aliphatic rings. The lowest BCUT2D eigenvalue weighted by molar-refractivity contribution is -0.134. The summed E-state index contributed by atoms with van der Waals surface area (Å²) >= 11 is 0. The van der Waals surface area contributed by atoms with Crippen LogP contribution >= 0.6 is 0 Å². The SMILES string of the molecule is N#CC1CNCCN1C(=O)CC1CCCCCC1. The molecule has 1 atom stereocenters. The molecule has 1 aliphatic heterocycles. The topological polar surface area (TPSA) is 56.1 Å². The van der Waals surface area contributed by atoms with E-state index in [0.717, 1.165) is 6.54 Å². The minimum absolute atomic E-state index is 0.190. The average Bonchev–Trinajstić information content (AvgIpc) is 2.67. The van der Waals surface area contributed by atoms with Gasteiger partial charge in [-0.15, -0.1) is 0 Å². The highest BCUT2D eigenvalue weighted by molar-refractivity contribution is 5.77. The van der Waals surface area contributed by atoms with Gasteiger partial charge in [-0.05, 0) is 18.8 Å². The smallest absolute Gasteiger partial charge is 0.224 e. The molecule has 1 heterocycles. The summed E-state index contributed by atoms with van der Waals surface area (Å²) in [6, 6.07) is 1.96. The molecule has 1 aliphatic carbocycles. The number of amides is 1. The molecule has 0 spiro atoms. The number of nitriles is 1. The lowest BCUT2D eigenvalue weighted by Crippen LogP contribution is -2.53. The highest BCUT2D eigenvalue weighted by Crippen LogP contribution is 2.26. The average molecular weight is 249 g/mol. The fourth-order valence-electron chi connectivity index (χ4n) is 3.05. The number of rotatable bonds is 2. The van der Waals surface area contributed by atoms with E-state index in [2.05, 4.69) is 11.4 Å². The zero-order valence-corrected chi connectivity index (χ0v) is 11.0. The second-order valence-electron chi connectivity index (χ2n) is 5.50. The Kier molecular flexibility index (Phi) is 5.00. The van der Waals surface area contributed by atoms with Crippen LogP contribution in [0.25, 0.3) is 0 Å². The molecule has 0 aromatic carbocycles. The number of piperazine rings is 1. The Hall–Kier alpha value is -1.08. The van der Waals surface area contributed by atoms with Gasteiger partial charge >= 0.3 is 0 Å². The van der Waals surface area contributed by atoms with Crippen LogP contribution in [0.5, 0.6) is 0 Å². The number of nitrogens with one attached hydrogen (secondary N) is 1. The number of hydrogen-bond acceptors (Lipinski definition) is 3. The number of nitrogens with zero attached hydrogens (tertiary/aromatic N) is 2. The molecule has 0 aromatic heterocycles. The second kappa shape index (κ2) is 6.75. The van der Waals surface area contributed by atoms with Crippen molar-refractivity contribution in [1.29, 1.82) is 5.26 Å². The summed E-state index contributed by atoms with van der Waals surface area (Å²) in [6.45, 7) is 2.12. The van der Waals surface area contributed by atoms with E-state index < -0.39 is 0 Å². The summed E-state index contributed by atoms with van der Waals surface area (Å²) in [5, 5.41) is 12.2. The van der Waals surface area contributed by atoms with Crippen LogP contribution in [-0.4, -0.2) is 36.5 Å². The molecule has 0 radical (unpaired) electrons. The van der Waals surface area contributed by atoms with Crippen LogP contribution in [0.15, 0.2) is 0 Å². The zero-order valence-electron chi connectivity index (χ0n) is 11.0. The van der Waals surface area contributed by atoms with Gasteiger partial charge in [-0.2, -0.15) is 5.26 Å². The maximum Gasteiger partial charge on any atom is 0.224 e. The molecule has 2 rings (SSSR count). The van der Waals surface area contributed by atoms with Gasteiger partial charge in [-0.25, -0.2) is 0 Å². The Labute approximate surface area is 109 Å². The molecule has 1 amide bonds. The van der Waals surface area contributed by atoms with Gasteiger partial charge in [-0.1, -0.05) is 25.7 Å². The largest absolute Gasteiger partial charge is 0.324 e. The predicted molar refractivity (Wildman–Crippen MR) is 69.8 cm³/mol. The van der Waals surface area contributed by atoms with Crippen molar-refractivity contribution in [1.82, 2.24) is 10.2 Å². The minimum atomic E-state index is -0.267. The summed E-state index contributed by atoms with van der Waals surface area (Å²) in [4.78, 5) is 14.1. The van der Waals surface area contributed by atoms with Gasteiger partial charge in [0.1, 0.15) is 6.04 Å². The lowest BCUT2D eigenvalue weighted by atomic mass is 9.95. The first-order valence-corrected chi connectivity index (χ1v) is 7.21. The molecule has 1 saturated heterocycles. The fourth-order valence-corrected chi connectivity index (χ4v) is 3.05. The normalized spacial score (nSPS) is 26.4. The lowest BCUT2D eigenvalue weighted by Gasteiger charge is -2.33. The minimum Gasteiger partial charge on any atom is -0.324 e. The van der Waals surface area contributed by atoms with Crippen molar-refractivity contribution in [2.45, 2.75) is 51.0 Å². The van der Waals surface area contributed by atoms with Crippen molar-refractivity contribution in [2.24, 2.45) is 5.92 Å². The van der Waals surface area contributed by atoms with E-state index in [1.807, 2.05) is 0 Å². The highest BCUT2D eigenvalue weighted by Gasteiger charge is 2.28. The van der Waals surface area contributed by atoms with Crippen LogP contribution in [0.3, 0.4) is 0 Å². The molecule has 2 fully saturated rings. The van der Waals surface area contributed by atoms with Gasteiger partial charge in [0.25, 0.3) is 0 Å². The maximum atomic E-state index is 12.3. The van der Waals surface area contributed by atoms with Crippen molar-refractivity contribution in [3.05, 3.63) is 0 Å². The molecular formula is C14H23N3O. The third-order valence-corrected chi connectivity index (χ3v) is 4.15. The molecule has 1 saturated carbocycles. The van der Waals surface area contributed by atoms with Gasteiger partial charge in [0.15, 0.2) is 0 Å². The number of carbonyl (C=O) groups is 1. The molecule has 4 nitrogen and oxygen atoms in total. The van der Waals surface area contributed by atoms with Crippen LogP contribution in [0, 0.1) is 17.2 Å². The fraction of sp³-hybridized carbons (Fsp3) is 0.857. The molecular weight excluding hydrogens is 226 g/mol. The molecule has 1 N–H and O–H groups in total. The van der Waals surface area contributed by atoms with Crippen molar-refractivity contribution < 1.29 is 4.79 Å². The summed E-state index contributed by atoms with van der Waals surface area (Å²) in [7, 11) is 0. The Bertz CT molecular complexity index is 315. The van der Waals surface area contributed by atoms with E-state index in [-0.39, 0.29) is 11.9 Å². The van der Waals surface area contributed by atoms with Crippen molar-refractivity contribution in [3.8, 4) is 6.07 Å². The van der Waals surface area contributed by atoms with Crippen LogP contribution in [0.1, 0.15) is 44.9 Å². The molecule has 0 bridgehead atoms.